The van der Waals surface area contributed by atoms with Gasteiger partial charge in [-0.15, -0.1) is 0 Å². The molecule has 0 aliphatic carbocycles. The van der Waals surface area contributed by atoms with E-state index < -0.39 is 6.04 Å². The Morgan fingerprint density at radius 1 is 0.672 bits per heavy atom. The minimum Gasteiger partial charge on any atom is -0.368 e. The fraction of sp³-hybridized carbons (Fsp3) is 0.413. The van der Waals surface area contributed by atoms with E-state index in [9.17, 15) is 14.4 Å². The molecule has 0 bridgehead atoms. The molecule has 6 heterocycles. The molecule has 58 heavy (non-hydrogen) atoms. The molecule has 0 saturated carbocycles. The summed E-state index contributed by atoms with van der Waals surface area (Å²) in [5.74, 6) is 1.44. The minimum atomic E-state index is -0.751. The van der Waals surface area contributed by atoms with Crippen LogP contribution in [0.1, 0.15) is 86.7 Å². The van der Waals surface area contributed by atoms with Crippen LogP contribution in [0.15, 0.2) is 91.3 Å². The normalized spacial score (nSPS) is 22.1. The third-order valence-electron chi connectivity index (χ3n) is 12.6. The van der Waals surface area contributed by atoms with E-state index in [0.717, 1.165) is 122 Å². The Hall–Kier alpha value is -5.59. The van der Waals surface area contributed by atoms with Gasteiger partial charge >= 0.3 is 0 Å². The number of piperidine rings is 1. The molecule has 0 unspecified atom stereocenters. The van der Waals surface area contributed by atoms with E-state index in [-0.39, 0.29) is 41.8 Å². The lowest BCUT2D eigenvalue weighted by molar-refractivity contribution is -0.142. The van der Waals surface area contributed by atoms with E-state index in [2.05, 4.69) is 75.8 Å². The molecule has 2 aromatic heterocycles. The summed E-state index contributed by atoms with van der Waals surface area (Å²) in [4.78, 5) is 63.5. The third-order valence-corrected chi connectivity index (χ3v) is 12.6. The van der Waals surface area contributed by atoms with Crippen LogP contribution < -0.4 is 5.32 Å². The minimum absolute atomic E-state index is 0.0474. The molecule has 9 rings (SSSR count). The van der Waals surface area contributed by atoms with Crippen LogP contribution in [0, 0.1) is 5.92 Å². The Labute approximate surface area is 339 Å². The van der Waals surface area contributed by atoms with Crippen molar-refractivity contribution in [3.63, 3.8) is 0 Å². The first kappa shape index (κ1) is 38.0. The molecule has 0 spiro atoms. The first-order chi connectivity index (χ1) is 28.4. The predicted octanol–water partition coefficient (Wildman–Crippen LogP) is 6.84. The number of imidazole rings is 2. The van der Waals surface area contributed by atoms with Crippen molar-refractivity contribution in [2.75, 3.05) is 39.8 Å². The Morgan fingerprint density at radius 2 is 1.22 bits per heavy atom. The summed E-state index contributed by atoms with van der Waals surface area (Å²) in [5.41, 5.74) is 6.84. The number of amides is 3. The van der Waals surface area contributed by atoms with E-state index in [1.807, 2.05) is 52.5 Å². The lowest BCUT2D eigenvalue weighted by Gasteiger charge is -2.32. The number of aromatic nitrogens is 4. The maximum Gasteiger partial charge on any atom is 0.252 e. The molecular weight excluding hydrogens is 729 g/mol. The van der Waals surface area contributed by atoms with Gasteiger partial charge in [-0.2, -0.15) is 0 Å². The number of ether oxygens (including phenoxy) is 1. The number of hydrogen-bond donors (Lipinski definition) is 3. The summed E-state index contributed by atoms with van der Waals surface area (Å²) >= 11 is 0. The van der Waals surface area contributed by atoms with Crippen molar-refractivity contribution in [3.05, 3.63) is 108 Å². The topological polar surface area (TPSA) is 140 Å². The number of hydrogen-bond acceptors (Lipinski definition) is 7. The van der Waals surface area contributed by atoms with Crippen molar-refractivity contribution in [2.45, 2.75) is 75.6 Å². The quantitative estimate of drug-likeness (QED) is 0.141. The van der Waals surface area contributed by atoms with Gasteiger partial charge in [0.05, 0.1) is 35.9 Å². The molecule has 5 aromatic rings. The molecular formula is C46H52N8O4. The van der Waals surface area contributed by atoms with Gasteiger partial charge in [0, 0.05) is 25.6 Å². The van der Waals surface area contributed by atoms with Crippen molar-refractivity contribution in [1.29, 1.82) is 0 Å². The molecule has 4 aliphatic heterocycles. The smallest absolute Gasteiger partial charge is 0.252 e. The van der Waals surface area contributed by atoms with Crippen LogP contribution in [0.2, 0.25) is 0 Å². The monoisotopic (exact) mass is 780 g/mol. The number of benzene rings is 3. The Morgan fingerprint density at radius 3 is 1.79 bits per heavy atom. The van der Waals surface area contributed by atoms with E-state index in [0.29, 0.717) is 13.2 Å². The van der Waals surface area contributed by atoms with Crippen molar-refractivity contribution < 1.29 is 19.1 Å². The lowest BCUT2D eigenvalue weighted by atomic mass is 9.95. The number of rotatable bonds is 10. The Kier molecular flexibility index (Phi) is 10.9. The highest BCUT2D eigenvalue weighted by Crippen LogP contribution is 2.36. The van der Waals surface area contributed by atoms with E-state index in [1.54, 1.807) is 0 Å². The lowest BCUT2D eigenvalue weighted by Crippen LogP contribution is -2.46. The zero-order chi connectivity index (χ0) is 39.6. The molecule has 12 nitrogen and oxygen atoms in total. The van der Waals surface area contributed by atoms with Crippen LogP contribution in [0.5, 0.6) is 0 Å². The molecule has 3 N–H and O–H groups in total. The van der Waals surface area contributed by atoms with Gasteiger partial charge in [0.1, 0.15) is 23.8 Å². The molecule has 300 valence electrons. The predicted molar refractivity (Wildman–Crippen MR) is 221 cm³/mol. The average Bonchev–Trinajstić information content (AvgIpc) is 4.13. The van der Waals surface area contributed by atoms with E-state index in [1.165, 1.54) is 0 Å². The van der Waals surface area contributed by atoms with Crippen LogP contribution >= 0.6 is 0 Å². The highest BCUT2D eigenvalue weighted by molar-refractivity contribution is 5.90. The zero-order valence-corrected chi connectivity index (χ0v) is 33.1. The van der Waals surface area contributed by atoms with Crippen molar-refractivity contribution in [2.24, 2.45) is 5.92 Å². The number of nitrogens with one attached hydrogen (secondary N) is 3. The Bertz CT molecular complexity index is 2200. The highest BCUT2D eigenvalue weighted by Gasteiger charge is 2.39. The number of aromatic amines is 2. The first-order valence-electron chi connectivity index (χ1n) is 21.0. The molecule has 3 amide bonds. The molecule has 4 fully saturated rings. The second-order valence-corrected chi connectivity index (χ2v) is 16.3. The van der Waals surface area contributed by atoms with Crippen LogP contribution in [0.25, 0.3) is 33.6 Å². The SMILES string of the molecule is CN1CCC(C(=O)N[C@@H](C(=O)N2CCC[C@H]2c2ncc(-c3ccc(-c4ccc(-c5cnc([C@@H]6CCCN6C(=O)[C@@H]6CCCO6)[nH]5)cc4)cc3)[nH]2)c2ccccc2)CC1. The number of nitrogens with zero attached hydrogens (tertiary/aromatic N) is 5. The second kappa shape index (κ2) is 16.7. The fourth-order valence-electron chi connectivity index (χ4n) is 9.21. The van der Waals surface area contributed by atoms with Gasteiger partial charge in [-0.05, 0) is 99.3 Å². The van der Waals surface area contributed by atoms with Crippen LogP contribution in [-0.4, -0.2) is 98.3 Å². The number of H-pyrrole nitrogens is 2. The molecule has 4 saturated heterocycles. The first-order valence-corrected chi connectivity index (χ1v) is 21.0. The maximum absolute atomic E-state index is 14.3. The van der Waals surface area contributed by atoms with Gasteiger partial charge in [0.2, 0.25) is 11.8 Å². The number of carbonyl (C=O) groups is 3. The largest absolute Gasteiger partial charge is 0.368 e. The average molecular weight is 781 g/mol. The van der Waals surface area contributed by atoms with Crippen LogP contribution in [0.4, 0.5) is 0 Å². The third kappa shape index (κ3) is 7.82. The van der Waals surface area contributed by atoms with Gasteiger partial charge in [-0.1, -0.05) is 78.9 Å². The Balaban J connectivity index is 0.854. The van der Waals surface area contributed by atoms with Gasteiger partial charge < -0.3 is 34.7 Å². The van der Waals surface area contributed by atoms with Crippen LogP contribution in [0.3, 0.4) is 0 Å². The number of carbonyl (C=O) groups excluding carboxylic acids is 3. The zero-order valence-electron chi connectivity index (χ0n) is 33.1. The van der Waals surface area contributed by atoms with Gasteiger partial charge in [0.25, 0.3) is 5.91 Å². The summed E-state index contributed by atoms with van der Waals surface area (Å²) in [5, 5.41) is 3.15. The maximum atomic E-state index is 14.3. The molecule has 4 aliphatic rings. The standard InChI is InChI=1S/C46H52N8O4/c1-52-25-21-35(22-26-52)44(55)51-41(34-8-3-2-4-9-34)46(57)54-24-6-11-39(54)43-48-29-37(50-43)33-19-15-31(16-20-33)30-13-17-32(18-14-30)36-28-47-42(49-36)38-10-5-23-53(38)45(56)40-12-7-27-58-40/h2-4,8-9,13-20,28-29,35,38-41H,5-7,10-12,21-27H2,1H3,(H,47,49)(H,48,50)(H,51,55)/t38-,39-,40-,41+/m0/s1. The van der Waals surface area contributed by atoms with Crippen LogP contribution in [-0.2, 0) is 19.1 Å². The van der Waals surface area contributed by atoms with Crippen molar-refractivity contribution in [3.8, 4) is 33.6 Å². The summed E-state index contributed by atoms with van der Waals surface area (Å²) in [7, 11) is 2.08. The van der Waals surface area contributed by atoms with Gasteiger partial charge in [-0.3, -0.25) is 14.4 Å². The fourth-order valence-corrected chi connectivity index (χ4v) is 9.21. The van der Waals surface area contributed by atoms with Crippen molar-refractivity contribution >= 4 is 17.7 Å². The molecule has 4 atom stereocenters. The van der Waals surface area contributed by atoms with E-state index >= 15 is 0 Å². The van der Waals surface area contributed by atoms with E-state index in [4.69, 9.17) is 14.7 Å². The molecule has 0 radical (unpaired) electrons. The summed E-state index contributed by atoms with van der Waals surface area (Å²) in [6.07, 6.45) is 10.2. The molecule has 12 heteroatoms. The summed E-state index contributed by atoms with van der Waals surface area (Å²) in [6.45, 7) is 3.77. The molecule has 3 aromatic carbocycles. The highest BCUT2D eigenvalue weighted by atomic mass is 16.5. The number of likely N-dealkylation sites (tertiary alicyclic amines) is 3. The van der Waals surface area contributed by atoms with Gasteiger partial charge in [0.15, 0.2) is 0 Å². The van der Waals surface area contributed by atoms with Gasteiger partial charge in [-0.25, -0.2) is 9.97 Å². The summed E-state index contributed by atoms with van der Waals surface area (Å²) < 4.78 is 5.69. The van der Waals surface area contributed by atoms with Crippen molar-refractivity contribution in [1.82, 2.24) is 40.0 Å². The second-order valence-electron chi connectivity index (χ2n) is 16.3. The summed E-state index contributed by atoms with van der Waals surface area (Å²) in [6, 6.07) is 25.4.